The number of hydrogen-bond donors (Lipinski definition) is 2. The van der Waals surface area contributed by atoms with Crippen molar-refractivity contribution in [2.45, 2.75) is 25.3 Å². The van der Waals surface area contributed by atoms with E-state index in [1.807, 2.05) is 0 Å². The van der Waals surface area contributed by atoms with Gasteiger partial charge in [-0.05, 0) is 31.4 Å². The molecule has 1 aromatic carbocycles. The largest absolute Gasteiger partial charge is 0.343 e. The number of carbonyl (C=O) groups is 2. The summed E-state index contributed by atoms with van der Waals surface area (Å²) < 4.78 is 26.3. The SMILES string of the molecule is O=C(NCC(=O)N1CCCC[C@@H]1c1ncn[nH]1)c1cc(F)cc(F)c1. The number of amides is 2. The predicted molar refractivity (Wildman–Crippen MR) is 83.4 cm³/mol. The average molecular weight is 349 g/mol. The van der Waals surface area contributed by atoms with Crippen LogP contribution >= 0.6 is 0 Å². The van der Waals surface area contributed by atoms with E-state index >= 15 is 0 Å². The van der Waals surface area contributed by atoms with Gasteiger partial charge in [0.15, 0.2) is 0 Å². The molecule has 0 radical (unpaired) electrons. The Labute approximate surface area is 142 Å². The van der Waals surface area contributed by atoms with Crippen molar-refractivity contribution < 1.29 is 18.4 Å². The second-order valence-electron chi connectivity index (χ2n) is 5.81. The van der Waals surface area contributed by atoms with Crippen molar-refractivity contribution in [1.29, 1.82) is 0 Å². The highest BCUT2D eigenvalue weighted by atomic mass is 19.1. The zero-order valence-electron chi connectivity index (χ0n) is 13.3. The van der Waals surface area contributed by atoms with E-state index in [2.05, 4.69) is 20.5 Å². The van der Waals surface area contributed by atoms with Crippen LogP contribution in [0.4, 0.5) is 8.78 Å². The number of benzene rings is 1. The zero-order valence-corrected chi connectivity index (χ0v) is 13.3. The number of H-pyrrole nitrogens is 1. The Morgan fingerprint density at radius 1 is 1.24 bits per heavy atom. The predicted octanol–water partition coefficient (Wildman–Crippen LogP) is 1.57. The zero-order chi connectivity index (χ0) is 17.8. The molecule has 2 amide bonds. The van der Waals surface area contributed by atoms with Crippen molar-refractivity contribution in [2.24, 2.45) is 0 Å². The van der Waals surface area contributed by atoms with Crippen molar-refractivity contribution in [3.05, 3.63) is 47.5 Å². The van der Waals surface area contributed by atoms with Gasteiger partial charge < -0.3 is 10.2 Å². The highest BCUT2D eigenvalue weighted by Gasteiger charge is 2.29. The minimum atomic E-state index is -0.849. The van der Waals surface area contributed by atoms with E-state index < -0.39 is 17.5 Å². The van der Waals surface area contributed by atoms with E-state index in [1.54, 1.807) is 4.90 Å². The molecule has 0 bridgehead atoms. The third-order valence-corrected chi connectivity index (χ3v) is 4.10. The molecule has 9 heteroatoms. The number of halogens is 2. The van der Waals surface area contributed by atoms with Gasteiger partial charge in [-0.1, -0.05) is 0 Å². The van der Waals surface area contributed by atoms with Gasteiger partial charge in [-0.15, -0.1) is 0 Å². The third-order valence-electron chi connectivity index (χ3n) is 4.10. The Balaban J connectivity index is 1.63. The lowest BCUT2D eigenvalue weighted by Crippen LogP contribution is -2.44. The molecule has 0 spiro atoms. The Hall–Kier alpha value is -2.84. The van der Waals surface area contributed by atoms with Gasteiger partial charge >= 0.3 is 0 Å². The molecule has 2 N–H and O–H groups in total. The minimum absolute atomic E-state index is 0.171. The van der Waals surface area contributed by atoms with E-state index in [1.165, 1.54) is 6.33 Å². The summed E-state index contributed by atoms with van der Waals surface area (Å²) in [7, 11) is 0. The number of carbonyl (C=O) groups excluding carboxylic acids is 2. The lowest BCUT2D eigenvalue weighted by atomic mass is 10.0. The van der Waals surface area contributed by atoms with Crippen molar-refractivity contribution >= 4 is 11.8 Å². The number of likely N-dealkylation sites (tertiary alicyclic amines) is 1. The second-order valence-corrected chi connectivity index (χ2v) is 5.81. The highest BCUT2D eigenvalue weighted by molar-refractivity contribution is 5.96. The van der Waals surface area contributed by atoms with Crippen LogP contribution < -0.4 is 5.32 Å². The van der Waals surface area contributed by atoms with Crippen LogP contribution in [0.2, 0.25) is 0 Å². The highest BCUT2D eigenvalue weighted by Crippen LogP contribution is 2.28. The van der Waals surface area contributed by atoms with E-state index in [0.717, 1.165) is 31.4 Å². The van der Waals surface area contributed by atoms with Gasteiger partial charge in [0.25, 0.3) is 5.91 Å². The maximum Gasteiger partial charge on any atom is 0.251 e. The maximum atomic E-state index is 13.2. The normalized spacial score (nSPS) is 17.4. The first kappa shape index (κ1) is 17.0. The monoisotopic (exact) mass is 349 g/mol. The molecule has 132 valence electrons. The maximum absolute atomic E-state index is 13.2. The van der Waals surface area contributed by atoms with Gasteiger partial charge in [-0.25, -0.2) is 13.8 Å². The van der Waals surface area contributed by atoms with Crippen molar-refractivity contribution in [3.8, 4) is 0 Å². The molecule has 1 aromatic heterocycles. The molecule has 1 fully saturated rings. The number of rotatable bonds is 4. The molecule has 0 saturated carbocycles. The van der Waals surface area contributed by atoms with Crippen LogP contribution in [0.15, 0.2) is 24.5 Å². The minimum Gasteiger partial charge on any atom is -0.343 e. The lowest BCUT2D eigenvalue weighted by molar-refractivity contribution is -0.134. The summed E-state index contributed by atoms with van der Waals surface area (Å²) in [6, 6.07) is 2.30. The van der Waals surface area contributed by atoms with Crippen molar-refractivity contribution in [2.75, 3.05) is 13.1 Å². The van der Waals surface area contributed by atoms with E-state index in [4.69, 9.17) is 0 Å². The molecule has 1 aliphatic rings. The molecule has 2 aromatic rings. The molecular formula is C16H17F2N5O2. The quantitative estimate of drug-likeness (QED) is 0.876. The number of aromatic nitrogens is 3. The first-order valence-corrected chi connectivity index (χ1v) is 7.93. The van der Waals surface area contributed by atoms with Crippen LogP contribution in [-0.2, 0) is 4.79 Å². The fourth-order valence-corrected chi connectivity index (χ4v) is 2.93. The number of hydrogen-bond acceptors (Lipinski definition) is 4. The van der Waals surface area contributed by atoms with E-state index in [0.29, 0.717) is 18.4 Å². The summed E-state index contributed by atoms with van der Waals surface area (Å²) in [5, 5.41) is 8.98. The Morgan fingerprint density at radius 3 is 2.68 bits per heavy atom. The molecule has 0 unspecified atom stereocenters. The summed E-state index contributed by atoms with van der Waals surface area (Å²) >= 11 is 0. The van der Waals surface area contributed by atoms with Gasteiger partial charge in [-0.3, -0.25) is 14.7 Å². The standard InChI is InChI=1S/C16H17F2N5O2/c17-11-5-10(6-12(18)7-11)16(25)19-8-14(24)23-4-2-1-3-13(23)15-20-9-21-22-15/h5-7,9,13H,1-4,8H2,(H,19,25)(H,20,21,22)/t13-/m1/s1. The number of aromatic amines is 1. The van der Waals surface area contributed by atoms with Gasteiger partial charge in [0.2, 0.25) is 5.91 Å². The summed E-state index contributed by atoms with van der Waals surface area (Å²) in [6.45, 7) is 0.288. The summed E-state index contributed by atoms with van der Waals surface area (Å²) in [6.07, 6.45) is 3.96. The third kappa shape index (κ3) is 3.98. The fourth-order valence-electron chi connectivity index (χ4n) is 2.93. The fraction of sp³-hybridized carbons (Fsp3) is 0.375. The second kappa shape index (κ2) is 7.37. The smallest absolute Gasteiger partial charge is 0.251 e. The summed E-state index contributed by atoms with van der Waals surface area (Å²) in [5.41, 5.74) is -0.171. The van der Waals surface area contributed by atoms with Crippen LogP contribution in [0.1, 0.15) is 41.5 Å². The van der Waals surface area contributed by atoms with E-state index in [9.17, 15) is 18.4 Å². The molecule has 7 nitrogen and oxygen atoms in total. The number of nitrogens with one attached hydrogen (secondary N) is 2. The van der Waals surface area contributed by atoms with Gasteiger partial charge in [0, 0.05) is 18.2 Å². The van der Waals surface area contributed by atoms with Crippen LogP contribution in [0.25, 0.3) is 0 Å². The summed E-state index contributed by atoms with van der Waals surface area (Å²) in [4.78, 5) is 30.2. The average Bonchev–Trinajstić information content (AvgIpc) is 3.13. The lowest BCUT2D eigenvalue weighted by Gasteiger charge is -2.34. The topological polar surface area (TPSA) is 91.0 Å². The molecular weight excluding hydrogens is 332 g/mol. The van der Waals surface area contributed by atoms with Gasteiger partial charge in [-0.2, -0.15) is 5.10 Å². The van der Waals surface area contributed by atoms with Crippen molar-refractivity contribution in [3.63, 3.8) is 0 Å². The molecule has 3 rings (SSSR count). The molecule has 1 atom stereocenters. The van der Waals surface area contributed by atoms with Gasteiger partial charge in [0.05, 0.1) is 12.6 Å². The first-order chi connectivity index (χ1) is 12.0. The summed E-state index contributed by atoms with van der Waals surface area (Å²) in [5.74, 6) is -2.09. The Bertz CT molecular complexity index is 746. The Morgan fingerprint density at radius 2 is 2.00 bits per heavy atom. The van der Waals surface area contributed by atoms with Crippen molar-refractivity contribution in [1.82, 2.24) is 25.4 Å². The van der Waals surface area contributed by atoms with Gasteiger partial charge in [0.1, 0.15) is 23.8 Å². The number of nitrogens with zero attached hydrogens (tertiary/aromatic N) is 3. The molecule has 0 aliphatic carbocycles. The first-order valence-electron chi connectivity index (χ1n) is 7.93. The van der Waals surface area contributed by atoms with Crippen LogP contribution in [0.5, 0.6) is 0 Å². The van der Waals surface area contributed by atoms with Crippen LogP contribution in [0, 0.1) is 11.6 Å². The number of piperidine rings is 1. The Kier molecular flexibility index (Phi) is 5.01. The van der Waals surface area contributed by atoms with Crippen LogP contribution in [-0.4, -0.2) is 45.0 Å². The molecule has 1 aliphatic heterocycles. The molecule has 2 heterocycles. The molecule has 25 heavy (non-hydrogen) atoms. The van der Waals surface area contributed by atoms with E-state index in [-0.39, 0.29) is 24.1 Å². The van der Waals surface area contributed by atoms with Crippen LogP contribution in [0.3, 0.4) is 0 Å². The molecule has 1 saturated heterocycles.